The fourth-order valence-corrected chi connectivity index (χ4v) is 4.79. The highest BCUT2D eigenvalue weighted by Crippen LogP contribution is 2.44. The molecule has 0 unspecified atom stereocenters. The highest BCUT2D eigenvalue weighted by Gasteiger charge is 2.57. The van der Waals surface area contributed by atoms with Crippen LogP contribution < -0.4 is 5.32 Å². The third kappa shape index (κ3) is 3.09. The third-order valence-corrected chi connectivity index (χ3v) is 6.09. The summed E-state index contributed by atoms with van der Waals surface area (Å²) in [6, 6.07) is 1.87. The molecule has 2 atom stereocenters. The van der Waals surface area contributed by atoms with Crippen LogP contribution in [0, 0.1) is 12.8 Å². The lowest BCUT2D eigenvalue weighted by Crippen LogP contribution is -2.46. The number of carbonyl (C=O) groups excluding carboxylic acids is 2. The molecule has 0 aromatic carbocycles. The van der Waals surface area contributed by atoms with Crippen LogP contribution in [0.5, 0.6) is 0 Å². The summed E-state index contributed by atoms with van der Waals surface area (Å²) < 4.78 is 0. The summed E-state index contributed by atoms with van der Waals surface area (Å²) in [4.78, 5) is 33.7. The fourth-order valence-electron chi connectivity index (χ4n) is 4.16. The molecule has 2 fully saturated rings. The van der Waals surface area contributed by atoms with E-state index in [1.807, 2.05) is 47.4 Å². The van der Waals surface area contributed by atoms with Gasteiger partial charge in [-0.15, -0.1) is 0 Å². The molecule has 2 N–H and O–H groups in total. The van der Waals surface area contributed by atoms with Gasteiger partial charge in [0.05, 0.1) is 11.0 Å². The van der Waals surface area contributed by atoms with Crippen molar-refractivity contribution in [1.82, 2.24) is 30.3 Å². The summed E-state index contributed by atoms with van der Waals surface area (Å²) in [7, 11) is 0. The van der Waals surface area contributed by atoms with Gasteiger partial charge in [0.25, 0.3) is 5.91 Å². The number of amides is 3. The van der Waals surface area contributed by atoms with E-state index in [0.717, 1.165) is 11.4 Å². The van der Waals surface area contributed by atoms with E-state index in [1.165, 1.54) is 11.3 Å². The lowest BCUT2D eigenvalue weighted by atomic mass is 9.80. The van der Waals surface area contributed by atoms with E-state index in [0.29, 0.717) is 32.0 Å². The molecule has 144 valence electrons. The average molecular weight is 388 g/mol. The van der Waals surface area contributed by atoms with Crippen LogP contribution in [0.25, 0.3) is 0 Å². The molecule has 2 aromatic rings. The van der Waals surface area contributed by atoms with Crippen LogP contribution in [-0.2, 0) is 5.41 Å². The molecule has 27 heavy (non-hydrogen) atoms. The van der Waals surface area contributed by atoms with Crippen LogP contribution in [0.3, 0.4) is 0 Å². The number of H-pyrrole nitrogens is 1. The highest BCUT2D eigenvalue weighted by atomic mass is 32.1. The summed E-state index contributed by atoms with van der Waals surface area (Å²) in [6.45, 7) is 8.00. The molecule has 8 nitrogen and oxygen atoms in total. The topological polar surface area (TPSA) is 94.2 Å². The second-order valence-electron chi connectivity index (χ2n) is 7.78. The Hall–Kier alpha value is -2.42. The fraction of sp³-hybridized carbons (Fsp3) is 0.556. The Morgan fingerprint density at radius 3 is 2.70 bits per heavy atom. The average Bonchev–Trinajstić information content (AvgIpc) is 3.36. The number of thiophene rings is 1. The molecular formula is C18H24N6O2S. The number of likely N-dealkylation sites (tertiary alicyclic amines) is 2. The van der Waals surface area contributed by atoms with Crippen molar-refractivity contribution in [3.05, 3.63) is 34.0 Å². The monoisotopic (exact) mass is 388 g/mol. The molecule has 0 aliphatic carbocycles. The van der Waals surface area contributed by atoms with Crippen molar-refractivity contribution in [3.8, 4) is 0 Å². The van der Waals surface area contributed by atoms with Crippen LogP contribution in [0.2, 0.25) is 0 Å². The molecule has 2 saturated heterocycles. The van der Waals surface area contributed by atoms with Gasteiger partial charge in [0.15, 0.2) is 5.82 Å². The molecule has 4 rings (SSSR count). The van der Waals surface area contributed by atoms with E-state index in [-0.39, 0.29) is 23.9 Å². The van der Waals surface area contributed by atoms with Crippen LogP contribution >= 0.6 is 11.3 Å². The Morgan fingerprint density at radius 1 is 1.33 bits per heavy atom. The maximum atomic E-state index is 12.9. The van der Waals surface area contributed by atoms with Crippen LogP contribution in [0.1, 0.15) is 35.9 Å². The first-order valence-electron chi connectivity index (χ1n) is 9.15. The van der Waals surface area contributed by atoms with Gasteiger partial charge in [0.1, 0.15) is 5.82 Å². The predicted molar refractivity (Wildman–Crippen MR) is 102 cm³/mol. The third-order valence-electron chi connectivity index (χ3n) is 5.41. The second-order valence-corrected chi connectivity index (χ2v) is 8.56. The number of urea groups is 1. The quantitative estimate of drug-likeness (QED) is 0.835. The van der Waals surface area contributed by atoms with Gasteiger partial charge in [0, 0.05) is 43.5 Å². The summed E-state index contributed by atoms with van der Waals surface area (Å²) in [6.07, 6.45) is 0. The van der Waals surface area contributed by atoms with Gasteiger partial charge in [-0.25, -0.2) is 9.78 Å². The van der Waals surface area contributed by atoms with Crippen molar-refractivity contribution >= 4 is 23.3 Å². The van der Waals surface area contributed by atoms with Crippen molar-refractivity contribution in [2.45, 2.75) is 32.2 Å². The van der Waals surface area contributed by atoms with Crippen molar-refractivity contribution in [3.63, 3.8) is 0 Å². The van der Waals surface area contributed by atoms with Gasteiger partial charge in [-0.3, -0.25) is 9.89 Å². The van der Waals surface area contributed by atoms with E-state index in [2.05, 4.69) is 20.5 Å². The van der Waals surface area contributed by atoms with Crippen LogP contribution in [-0.4, -0.2) is 69.1 Å². The van der Waals surface area contributed by atoms with Gasteiger partial charge in [-0.2, -0.15) is 16.4 Å². The molecule has 2 aliphatic heterocycles. The Labute approximate surface area is 162 Å². The van der Waals surface area contributed by atoms with Crippen LogP contribution in [0.4, 0.5) is 4.79 Å². The first-order valence-corrected chi connectivity index (χ1v) is 10.1. The Balaban J connectivity index is 1.61. The summed E-state index contributed by atoms with van der Waals surface area (Å²) in [5.41, 5.74) is 0.292. The number of aromatic nitrogens is 3. The zero-order valence-corrected chi connectivity index (χ0v) is 16.5. The zero-order valence-electron chi connectivity index (χ0n) is 15.7. The highest BCUT2D eigenvalue weighted by molar-refractivity contribution is 7.08. The van der Waals surface area contributed by atoms with E-state index >= 15 is 0 Å². The maximum absolute atomic E-state index is 12.9. The molecule has 0 bridgehead atoms. The zero-order chi connectivity index (χ0) is 19.2. The number of fused-ring (bicyclic) bond motifs is 1. The lowest BCUT2D eigenvalue weighted by molar-refractivity contribution is 0.0773. The minimum absolute atomic E-state index is 0.0375. The predicted octanol–water partition coefficient (Wildman–Crippen LogP) is 1.62. The SMILES string of the molecule is Cc1nc([C@]23CN(C(=O)NC(C)C)C[C@H]2CN(C(=O)c2ccsc2)C3)n[nH]1. The molecule has 9 heteroatoms. The van der Waals surface area contributed by atoms with Gasteiger partial charge >= 0.3 is 6.03 Å². The number of nitrogens with zero attached hydrogens (tertiary/aromatic N) is 4. The molecule has 0 spiro atoms. The molecule has 4 heterocycles. The molecule has 2 aromatic heterocycles. The van der Waals surface area contributed by atoms with Crippen molar-refractivity contribution in [2.24, 2.45) is 5.92 Å². The Kier molecular flexibility index (Phi) is 4.41. The minimum Gasteiger partial charge on any atom is -0.337 e. The first kappa shape index (κ1) is 18.0. The summed E-state index contributed by atoms with van der Waals surface area (Å²) in [5.74, 6) is 1.60. The Morgan fingerprint density at radius 2 is 2.07 bits per heavy atom. The smallest absolute Gasteiger partial charge is 0.317 e. The molecule has 3 amide bonds. The van der Waals surface area contributed by atoms with E-state index in [1.54, 1.807) is 0 Å². The van der Waals surface area contributed by atoms with E-state index < -0.39 is 5.41 Å². The minimum atomic E-state index is -0.426. The molecule has 0 saturated carbocycles. The molecule has 0 radical (unpaired) electrons. The van der Waals surface area contributed by atoms with Crippen LogP contribution in [0.15, 0.2) is 16.8 Å². The first-order chi connectivity index (χ1) is 12.9. The van der Waals surface area contributed by atoms with Crippen molar-refractivity contribution < 1.29 is 9.59 Å². The van der Waals surface area contributed by atoms with Crippen molar-refractivity contribution in [2.75, 3.05) is 26.2 Å². The Bertz CT molecular complexity index is 848. The van der Waals surface area contributed by atoms with Gasteiger partial charge in [-0.05, 0) is 32.2 Å². The number of aromatic amines is 1. The lowest BCUT2D eigenvalue weighted by Gasteiger charge is -2.27. The standard InChI is InChI=1S/C18H24N6O2S/c1-11(2)19-17(26)24-7-14-6-23(15(25)13-4-5-27-8-13)9-18(14,10-24)16-20-12(3)21-22-16/h4-5,8,11,14H,6-7,9-10H2,1-3H3,(H,19,26)(H,20,21,22)/t14-,18-/m1/s1. The number of nitrogens with one attached hydrogen (secondary N) is 2. The number of carbonyl (C=O) groups is 2. The van der Waals surface area contributed by atoms with Gasteiger partial charge < -0.3 is 15.1 Å². The number of hydrogen-bond acceptors (Lipinski definition) is 5. The van der Waals surface area contributed by atoms with Gasteiger partial charge in [0.2, 0.25) is 0 Å². The maximum Gasteiger partial charge on any atom is 0.317 e. The number of rotatable bonds is 3. The van der Waals surface area contributed by atoms with E-state index in [9.17, 15) is 9.59 Å². The van der Waals surface area contributed by atoms with E-state index in [4.69, 9.17) is 0 Å². The summed E-state index contributed by atoms with van der Waals surface area (Å²) >= 11 is 1.52. The number of hydrogen-bond donors (Lipinski definition) is 2. The summed E-state index contributed by atoms with van der Waals surface area (Å²) in [5, 5.41) is 14.1. The van der Waals surface area contributed by atoms with Crippen molar-refractivity contribution in [1.29, 1.82) is 0 Å². The largest absolute Gasteiger partial charge is 0.337 e. The normalized spacial score (nSPS) is 24.5. The van der Waals surface area contributed by atoms with Gasteiger partial charge in [-0.1, -0.05) is 0 Å². The molecule has 2 aliphatic rings. The second kappa shape index (κ2) is 6.63. The molecular weight excluding hydrogens is 364 g/mol. The number of aryl methyl sites for hydroxylation is 1.